The molecule has 2 aromatic carbocycles. The minimum atomic E-state index is -4.48. The fourth-order valence-electron chi connectivity index (χ4n) is 3.97. The number of carbonyl (C=O) groups excluding carboxylic acids is 1. The molecule has 0 N–H and O–H groups in total. The van der Waals surface area contributed by atoms with Crippen molar-refractivity contribution in [2.75, 3.05) is 45.9 Å². The summed E-state index contributed by atoms with van der Waals surface area (Å²) in [5, 5.41) is 3.80. The fraction of sp³-hybridized carbons (Fsp3) is 0.400. The molecule has 1 fully saturated rings. The van der Waals surface area contributed by atoms with E-state index in [4.69, 9.17) is 9.26 Å². The topological polar surface area (TPSA) is 71.7 Å². The van der Waals surface area contributed by atoms with Gasteiger partial charge in [0.2, 0.25) is 11.7 Å². The number of alkyl halides is 3. The van der Waals surface area contributed by atoms with Gasteiger partial charge in [0.15, 0.2) is 0 Å². The van der Waals surface area contributed by atoms with Gasteiger partial charge in [-0.1, -0.05) is 23.4 Å². The minimum absolute atomic E-state index is 0.0337. The van der Waals surface area contributed by atoms with Crippen LogP contribution in [-0.2, 0) is 17.3 Å². The monoisotopic (exact) mass is 506 g/mol. The molecule has 1 saturated heterocycles. The lowest BCUT2D eigenvalue weighted by Gasteiger charge is -2.28. The fourth-order valence-corrected chi connectivity index (χ4v) is 3.97. The molecular weight excluding hydrogens is 480 g/mol. The maximum atomic E-state index is 13.7. The zero-order valence-electron chi connectivity index (χ0n) is 19.5. The summed E-state index contributed by atoms with van der Waals surface area (Å²) >= 11 is 0. The summed E-state index contributed by atoms with van der Waals surface area (Å²) in [5.41, 5.74) is -0.395. The maximum Gasteiger partial charge on any atom is 0.416 e. The Kier molecular flexibility index (Phi) is 8.32. The molecular formula is C25H26F4N4O3. The first-order valence-electron chi connectivity index (χ1n) is 11.6. The number of hydrogen-bond acceptors (Lipinski definition) is 6. The van der Waals surface area contributed by atoms with Gasteiger partial charge in [-0.05, 0) is 36.8 Å². The minimum Gasteiger partial charge on any atom is -0.379 e. The molecule has 11 heteroatoms. The van der Waals surface area contributed by atoms with Crippen LogP contribution in [0, 0.1) is 5.82 Å². The summed E-state index contributed by atoms with van der Waals surface area (Å²) in [6, 6.07) is 10.2. The average Bonchev–Trinajstić information content (AvgIpc) is 3.35. The van der Waals surface area contributed by atoms with Gasteiger partial charge in [-0.15, -0.1) is 0 Å². The molecule has 0 radical (unpaired) electrons. The molecule has 0 bridgehead atoms. The predicted octanol–water partition coefficient (Wildman–Crippen LogP) is 4.30. The molecule has 0 unspecified atom stereocenters. The number of morpholine rings is 1. The highest BCUT2D eigenvalue weighted by Gasteiger charge is 2.31. The Labute approximate surface area is 205 Å². The van der Waals surface area contributed by atoms with Crippen LogP contribution in [0.4, 0.5) is 17.6 Å². The molecule has 36 heavy (non-hydrogen) atoms. The van der Waals surface area contributed by atoms with Gasteiger partial charge in [0, 0.05) is 50.3 Å². The molecule has 1 aliphatic rings. The number of benzene rings is 2. The van der Waals surface area contributed by atoms with Crippen molar-refractivity contribution in [3.8, 4) is 11.4 Å². The number of hydrogen-bond donors (Lipinski definition) is 0. The highest BCUT2D eigenvalue weighted by Crippen LogP contribution is 2.31. The second-order valence-corrected chi connectivity index (χ2v) is 8.45. The number of carbonyl (C=O) groups is 1. The Hall–Kier alpha value is -3.31. The summed E-state index contributed by atoms with van der Waals surface area (Å²) < 4.78 is 63.4. The van der Waals surface area contributed by atoms with Crippen LogP contribution in [-0.4, -0.2) is 71.8 Å². The van der Waals surface area contributed by atoms with E-state index in [9.17, 15) is 22.4 Å². The molecule has 0 spiro atoms. The van der Waals surface area contributed by atoms with E-state index in [2.05, 4.69) is 15.0 Å². The number of amides is 1. The van der Waals surface area contributed by atoms with E-state index in [0.717, 1.165) is 31.8 Å². The summed E-state index contributed by atoms with van der Waals surface area (Å²) in [6.07, 6.45) is -3.58. The van der Waals surface area contributed by atoms with Gasteiger partial charge < -0.3 is 14.2 Å². The van der Waals surface area contributed by atoms with Crippen LogP contribution in [0.5, 0.6) is 0 Å². The van der Waals surface area contributed by atoms with Crippen LogP contribution in [0.2, 0.25) is 0 Å². The van der Waals surface area contributed by atoms with Gasteiger partial charge in [0.25, 0.3) is 5.91 Å². The lowest BCUT2D eigenvalue weighted by atomic mass is 10.1. The molecule has 1 amide bonds. The van der Waals surface area contributed by atoms with Crippen molar-refractivity contribution < 1.29 is 31.6 Å². The SMILES string of the molecule is O=C(c1cccc(F)c1)N(CCCN1CCOCC1)CCc1nc(-c2cccc(C(F)(F)F)c2)no1. The maximum absolute atomic E-state index is 13.7. The Morgan fingerprint density at radius 1 is 1.06 bits per heavy atom. The average molecular weight is 507 g/mol. The van der Waals surface area contributed by atoms with Crippen LogP contribution in [0.25, 0.3) is 11.4 Å². The molecule has 3 aromatic rings. The standard InChI is InChI=1S/C25H26F4N4O3/c26-21-7-2-5-19(17-21)24(34)33(10-3-9-32-12-14-35-15-13-32)11-8-22-30-23(31-36-22)18-4-1-6-20(16-18)25(27,28)29/h1-2,4-7,16-17H,3,8-15H2. The van der Waals surface area contributed by atoms with Crippen molar-refractivity contribution in [2.24, 2.45) is 0 Å². The molecule has 4 rings (SSSR count). The third-order valence-corrected chi connectivity index (χ3v) is 5.88. The summed E-state index contributed by atoms with van der Waals surface area (Å²) in [5.74, 6) is -0.607. The number of aromatic nitrogens is 2. The van der Waals surface area contributed by atoms with E-state index in [1.807, 2.05) is 0 Å². The van der Waals surface area contributed by atoms with E-state index < -0.39 is 17.6 Å². The van der Waals surface area contributed by atoms with Crippen LogP contribution in [0.3, 0.4) is 0 Å². The Balaban J connectivity index is 1.42. The first-order valence-corrected chi connectivity index (χ1v) is 11.6. The molecule has 1 aromatic heterocycles. The van der Waals surface area contributed by atoms with Crippen LogP contribution in [0.15, 0.2) is 53.1 Å². The highest BCUT2D eigenvalue weighted by molar-refractivity contribution is 5.94. The van der Waals surface area contributed by atoms with Gasteiger partial charge in [-0.3, -0.25) is 9.69 Å². The van der Waals surface area contributed by atoms with Gasteiger partial charge in [-0.2, -0.15) is 18.2 Å². The first-order chi connectivity index (χ1) is 17.3. The van der Waals surface area contributed by atoms with Crippen molar-refractivity contribution in [2.45, 2.75) is 19.0 Å². The smallest absolute Gasteiger partial charge is 0.379 e. The van der Waals surface area contributed by atoms with E-state index in [-0.39, 0.29) is 41.7 Å². The highest BCUT2D eigenvalue weighted by atomic mass is 19.4. The molecule has 192 valence electrons. The van der Waals surface area contributed by atoms with Crippen LogP contribution < -0.4 is 0 Å². The third kappa shape index (κ3) is 6.88. The zero-order chi connectivity index (χ0) is 25.5. The number of rotatable bonds is 9. The number of ether oxygens (including phenoxy) is 1. The zero-order valence-corrected chi connectivity index (χ0v) is 19.5. The molecule has 0 aliphatic carbocycles. The van der Waals surface area contributed by atoms with Gasteiger partial charge >= 0.3 is 6.18 Å². The number of nitrogens with zero attached hydrogens (tertiary/aromatic N) is 4. The molecule has 1 aliphatic heterocycles. The lowest BCUT2D eigenvalue weighted by molar-refractivity contribution is -0.137. The first kappa shape index (κ1) is 25.8. The second kappa shape index (κ2) is 11.6. The summed E-state index contributed by atoms with van der Waals surface area (Å²) in [7, 11) is 0. The van der Waals surface area contributed by atoms with Crippen molar-refractivity contribution >= 4 is 5.91 Å². The van der Waals surface area contributed by atoms with Crippen molar-refractivity contribution in [1.29, 1.82) is 0 Å². The van der Waals surface area contributed by atoms with Crippen molar-refractivity contribution in [1.82, 2.24) is 19.9 Å². The molecule has 0 atom stereocenters. The third-order valence-electron chi connectivity index (χ3n) is 5.88. The molecule has 2 heterocycles. The number of halogens is 4. The van der Waals surface area contributed by atoms with Gasteiger partial charge in [0.05, 0.1) is 18.8 Å². The Bertz CT molecular complexity index is 1160. The normalized spacial score (nSPS) is 14.7. The van der Waals surface area contributed by atoms with E-state index in [1.54, 1.807) is 11.0 Å². The quantitative estimate of drug-likeness (QED) is 0.403. The van der Waals surface area contributed by atoms with Crippen molar-refractivity contribution in [3.05, 3.63) is 71.4 Å². The largest absolute Gasteiger partial charge is 0.416 e. The van der Waals surface area contributed by atoms with E-state index in [0.29, 0.717) is 26.2 Å². The molecule has 0 saturated carbocycles. The summed E-state index contributed by atoms with van der Waals surface area (Å²) in [4.78, 5) is 21.2. The van der Waals surface area contributed by atoms with E-state index in [1.165, 1.54) is 30.3 Å². The second-order valence-electron chi connectivity index (χ2n) is 8.45. The van der Waals surface area contributed by atoms with Crippen LogP contribution >= 0.6 is 0 Å². The Morgan fingerprint density at radius 3 is 2.58 bits per heavy atom. The summed E-state index contributed by atoms with van der Waals surface area (Å²) in [6.45, 7) is 4.46. The van der Waals surface area contributed by atoms with Crippen molar-refractivity contribution in [3.63, 3.8) is 0 Å². The Morgan fingerprint density at radius 2 is 1.83 bits per heavy atom. The lowest BCUT2D eigenvalue weighted by Crippen LogP contribution is -2.39. The van der Waals surface area contributed by atoms with Gasteiger partial charge in [0.1, 0.15) is 5.82 Å². The van der Waals surface area contributed by atoms with Gasteiger partial charge in [-0.25, -0.2) is 4.39 Å². The predicted molar refractivity (Wildman–Crippen MR) is 123 cm³/mol. The van der Waals surface area contributed by atoms with E-state index >= 15 is 0 Å². The molecule has 7 nitrogen and oxygen atoms in total. The van der Waals surface area contributed by atoms with Crippen LogP contribution in [0.1, 0.15) is 28.2 Å².